The van der Waals surface area contributed by atoms with Crippen molar-refractivity contribution in [2.24, 2.45) is 0 Å². The molecule has 0 aliphatic heterocycles. The lowest BCUT2D eigenvalue weighted by atomic mass is 10.1. The Labute approximate surface area is 154 Å². The van der Waals surface area contributed by atoms with Crippen molar-refractivity contribution >= 4 is 0 Å². The van der Waals surface area contributed by atoms with Crippen molar-refractivity contribution in [1.82, 2.24) is 4.57 Å². The van der Waals surface area contributed by atoms with E-state index >= 15 is 0 Å². The molecule has 0 N–H and O–H groups in total. The number of benzene rings is 1. The topological polar surface area (TPSA) is 8.81 Å². The third kappa shape index (κ3) is 6.68. The smallest absolute Gasteiger partial charge is 0.230 e. The predicted octanol–water partition coefficient (Wildman–Crippen LogP) is 6.38. The van der Waals surface area contributed by atoms with Gasteiger partial charge in [0, 0.05) is 0 Å². The summed E-state index contributed by atoms with van der Waals surface area (Å²) in [5, 5.41) is 0. The van der Waals surface area contributed by atoms with Crippen LogP contribution in [0.2, 0.25) is 0 Å². The average Bonchev–Trinajstić information content (AvgIpc) is 3.07. The van der Waals surface area contributed by atoms with Crippen molar-refractivity contribution < 1.29 is 4.57 Å². The van der Waals surface area contributed by atoms with Crippen molar-refractivity contribution in [2.45, 2.75) is 91.1 Å². The van der Waals surface area contributed by atoms with Gasteiger partial charge in [0.05, 0.1) is 18.7 Å². The maximum absolute atomic E-state index is 2.43. The van der Waals surface area contributed by atoms with Crippen LogP contribution in [0, 0.1) is 0 Å². The third-order valence-corrected chi connectivity index (χ3v) is 5.10. The van der Waals surface area contributed by atoms with E-state index in [0.29, 0.717) is 0 Å². The minimum Gasteiger partial charge on any atom is -0.230 e. The molecule has 0 atom stereocenters. The van der Waals surface area contributed by atoms with Crippen molar-refractivity contribution in [1.29, 1.82) is 0 Å². The molecular formula is C23H37N2+. The number of hydrogen-bond donors (Lipinski definition) is 0. The lowest BCUT2D eigenvalue weighted by molar-refractivity contribution is -0.686. The molecule has 1 aromatic carbocycles. The molecule has 2 heteroatoms. The molecule has 0 radical (unpaired) electrons. The highest BCUT2D eigenvalue weighted by molar-refractivity contribution is 5.52. The summed E-state index contributed by atoms with van der Waals surface area (Å²) in [5.41, 5.74) is 1.32. The molecule has 0 spiro atoms. The van der Waals surface area contributed by atoms with E-state index in [1.807, 2.05) is 0 Å². The van der Waals surface area contributed by atoms with Gasteiger partial charge in [0.2, 0.25) is 0 Å². The SMILES string of the molecule is CCCCCCCCCCCC[n+]1ccn(CC)c1-c1ccccc1. The maximum atomic E-state index is 2.43. The number of imidazole rings is 1. The van der Waals surface area contributed by atoms with E-state index in [0.717, 1.165) is 13.1 Å². The van der Waals surface area contributed by atoms with Crippen molar-refractivity contribution in [3.05, 3.63) is 42.7 Å². The highest BCUT2D eigenvalue weighted by Crippen LogP contribution is 2.16. The Kier molecular flexibility index (Phi) is 9.40. The number of rotatable bonds is 13. The second kappa shape index (κ2) is 11.9. The lowest BCUT2D eigenvalue weighted by Crippen LogP contribution is -2.34. The van der Waals surface area contributed by atoms with Crippen LogP contribution in [-0.2, 0) is 13.1 Å². The van der Waals surface area contributed by atoms with Gasteiger partial charge >= 0.3 is 0 Å². The molecule has 2 nitrogen and oxygen atoms in total. The second-order valence-electron chi connectivity index (χ2n) is 7.15. The highest BCUT2D eigenvalue weighted by Gasteiger charge is 2.17. The molecule has 0 amide bonds. The molecule has 0 aliphatic carbocycles. The quantitative estimate of drug-likeness (QED) is 0.295. The fourth-order valence-electron chi connectivity index (χ4n) is 3.59. The first kappa shape index (κ1) is 19.8. The third-order valence-electron chi connectivity index (χ3n) is 5.10. The van der Waals surface area contributed by atoms with E-state index in [1.165, 1.54) is 75.6 Å². The summed E-state index contributed by atoms with van der Waals surface area (Å²) in [6.07, 6.45) is 18.4. The number of hydrogen-bond acceptors (Lipinski definition) is 0. The number of aromatic nitrogens is 2. The van der Waals surface area contributed by atoms with E-state index in [-0.39, 0.29) is 0 Å². The van der Waals surface area contributed by atoms with Gasteiger partial charge in [0.25, 0.3) is 5.82 Å². The van der Waals surface area contributed by atoms with Crippen LogP contribution in [0.25, 0.3) is 11.4 Å². The molecule has 0 bridgehead atoms. The molecule has 138 valence electrons. The molecular weight excluding hydrogens is 304 g/mol. The van der Waals surface area contributed by atoms with Crippen molar-refractivity contribution in [3.8, 4) is 11.4 Å². The zero-order valence-electron chi connectivity index (χ0n) is 16.4. The minimum atomic E-state index is 1.02. The molecule has 0 aliphatic rings. The molecule has 2 rings (SSSR count). The van der Waals surface area contributed by atoms with Gasteiger partial charge in [0.1, 0.15) is 12.4 Å². The first-order valence-corrected chi connectivity index (χ1v) is 10.5. The van der Waals surface area contributed by atoms with E-state index in [9.17, 15) is 0 Å². The average molecular weight is 342 g/mol. The minimum absolute atomic E-state index is 1.02. The van der Waals surface area contributed by atoms with Crippen molar-refractivity contribution in [2.75, 3.05) is 0 Å². The molecule has 1 heterocycles. The van der Waals surface area contributed by atoms with Crippen LogP contribution < -0.4 is 4.57 Å². The zero-order chi connectivity index (χ0) is 17.7. The Morgan fingerprint density at radius 2 is 1.36 bits per heavy atom. The lowest BCUT2D eigenvalue weighted by Gasteiger charge is -2.05. The normalized spacial score (nSPS) is 11.1. The first-order valence-electron chi connectivity index (χ1n) is 10.5. The highest BCUT2D eigenvalue weighted by atomic mass is 15.1. The first-order chi connectivity index (χ1) is 12.4. The van der Waals surface area contributed by atoms with E-state index < -0.39 is 0 Å². The van der Waals surface area contributed by atoms with Crippen LogP contribution in [0.3, 0.4) is 0 Å². The largest absolute Gasteiger partial charge is 0.288 e. The summed E-state index contributed by atoms with van der Waals surface area (Å²) in [6.45, 7) is 6.66. The maximum Gasteiger partial charge on any atom is 0.288 e. The Bertz CT molecular complexity index is 571. The summed E-state index contributed by atoms with van der Waals surface area (Å²) >= 11 is 0. The summed E-state index contributed by atoms with van der Waals surface area (Å²) < 4.78 is 4.79. The Hall–Kier alpha value is -1.57. The van der Waals surface area contributed by atoms with Crippen LogP contribution in [0.4, 0.5) is 0 Å². The number of unbranched alkanes of at least 4 members (excludes halogenated alkanes) is 9. The molecule has 0 fully saturated rings. The summed E-state index contributed by atoms with van der Waals surface area (Å²) in [4.78, 5) is 0. The van der Waals surface area contributed by atoms with Gasteiger partial charge in [0.15, 0.2) is 0 Å². The summed E-state index contributed by atoms with van der Waals surface area (Å²) in [6, 6.07) is 10.8. The van der Waals surface area contributed by atoms with Gasteiger partial charge in [-0.1, -0.05) is 76.5 Å². The second-order valence-corrected chi connectivity index (χ2v) is 7.15. The molecule has 1 aromatic heterocycles. The molecule has 0 unspecified atom stereocenters. The fraction of sp³-hybridized carbons (Fsp3) is 0.609. The molecule has 0 saturated heterocycles. The van der Waals surface area contributed by atoms with Crippen LogP contribution in [0.5, 0.6) is 0 Å². The van der Waals surface area contributed by atoms with Crippen molar-refractivity contribution in [3.63, 3.8) is 0 Å². The Morgan fingerprint density at radius 1 is 0.760 bits per heavy atom. The Morgan fingerprint density at radius 3 is 1.96 bits per heavy atom. The van der Waals surface area contributed by atoms with E-state index in [4.69, 9.17) is 0 Å². The monoisotopic (exact) mass is 341 g/mol. The molecule has 25 heavy (non-hydrogen) atoms. The van der Waals surface area contributed by atoms with Gasteiger partial charge in [-0.05, 0) is 31.9 Å². The molecule has 0 saturated carbocycles. The van der Waals surface area contributed by atoms with E-state index in [1.54, 1.807) is 0 Å². The van der Waals surface area contributed by atoms with Crippen LogP contribution >= 0.6 is 0 Å². The molecule has 2 aromatic rings. The standard InChI is InChI=1S/C23H37N2/c1-3-5-6-7-8-9-10-11-12-16-19-25-21-20-24(4-2)23(25)22-17-14-13-15-18-22/h13-15,17-18,20-21H,3-12,16,19H2,1-2H3/q+1. The summed E-state index contributed by atoms with van der Waals surface area (Å²) in [5.74, 6) is 1.35. The van der Waals surface area contributed by atoms with Crippen LogP contribution in [0.1, 0.15) is 78.1 Å². The van der Waals surface area contributed by atoms with Gasteiger partial charge < -0.3 is 0 Å². The van der Waals surface area contributed by atoms with Gasteiger partial charge in [-0.15, -0.1) is 0 Å². The Balaban J connectivity index is 1.70. The van der Waals surface area contributed by atoms with Gasteiger partial charge in [-0.3, -0.25) is 0 Å². The number of aryl methyl sites for hydroxylation is 2. The summed E-state index contributed by atoms with van der Waals surface area (Å²) in [7, 11) is 0. The fourth-order valence-corrected chi connectivity index (χ4v) is 3.59. The zero-order valence-corrected chi connectivity index (χ0v) is 16.4. The van der Waals surface area contributed by atoms with Crippen LogP contribution in [0.15, 0.2) is 42.7 Å². The number of nitrogens with zero attached hydrogens (tertiary/aromatic N) is 2. The predicted molar refractivity (Wildman–Crippen MR) is 108 cm³/mol. The van der Waals surface area contributed by atoms with E-state index in [2.05, 4.69) is 65.7 Å². The van der Waals surface area contributed by atoms with Gasteiger partial charge in [-0.2, -0.15) is 0 Å². The van der Waals surface area contributed by atoms with Crippen LogP contribution in [-0.4, -0.2) is 4.57 Å². The van der Waals surface area contributed by atoms with Gasteiger partial charge in [-0.25, -0.2) is 9.13 Å².